The summed E-state index contributed by atoms with van der Waals surface area (Å²) in [4.78, 5) is 18.4. The van der Waals surface area contributed by atoms with E-state index in [1.54, 1.807) is 6.07 Å². The summed E-state index contributed by atoms with van der Waals surface area (Å²) in [7, 11) is 0. The first-order chi connectivity index (χ1) is 20.3. The van der Waals surface area contributed by atoms with Crippen LogP contribution in [0.1, 0.15) is 41.0 Å². The smallest absolute Gasteiger partial charge is 0.335 e. The second-order valence-electron chi connectivity index (χ2n) is 10.7. The van der Waals surface area contributed by atoms with Crippen LogP contribution in [-0.2, 0) is 24.4 Å². The number of piperidine rings is 1. The molecule has 0 radical (unpaired) electrons. The Balaban J connectivity index is 1.08. The number of aromatic nitrogens is 2. The summed E-state index contributed by atoms with van der Waals surface area (Å²) in [5, 5.41) is 9.75. The van der Waals surface area contributed by atoms with Gasteiger partial charge in [-0.1, -0.05) is 23.7 Å². The molecule has 0 spiro atoms. The Morgan fingerprint density at radius 1 is 1.07 bits per heavy atom. The van der Waals surface area contributed by atoms with E-state index >= 15 is 0 Å². The number of aromatic carboxylic acids is 1. The first-order valence-electron chi connectivity index (χ1n) is 13.9. The monoisotopic (exact) mass is 597 g/mol. The van der Waals surface area contributed by atoms with Gasteiger partial charge in [0.1, 0.15) is 29.8 Å². The van der Waals surface area contributed by atoms with Crippen molar-refractivity contribution in [2.45, 2.75) is 51.2 Å². The number of hydrogen-bond donors (Lipinski definition) is 1. The predicted molar refractivity (Wildman–Crippen MR) is 152 cm³/mol. The molecule has 3 heterocycles. The van der Waals surface area contributed by atoms with Crippen LogP contribution in [0.4, 0.5) is 8.78 Å². The molecule has 11 heteroatoms. The molecule has 3 aromatic carbocycles. The quantitative estimate of drug-likeness (QED) is 0.237. The molecule has 0 aliphatic carbocycles. The molecule has 1 atom stereocenters. The number of ether oxygens (including phenoxy) is 3. The lowest BCUT2D eigenvalue weighted by atomic mass is 10.1. The Bertz CT molecular complexity index is 1600. The second kappa shape index (κ2) is 12.2. The molecule has 2 fully saturated rings. The van der Waals surface area contributed by atoms with Crippen LogP contribution in [0.2, 0.25) is 5.02 Å². The maximum absolute atomic E-state index is 14.8. The van der Waals surface area contributed by atoms with Crippen molar-refractivity contribution in [1.82, 2.24) is 14.5 Å². The van der Waals surface area contributed by atoms with Gasteiger partial charge in [0.05, 0.1) is 30.3 Å². The summed E-state index contributed by atoms with van der Waals surface area (Å²) in [5.74, 6) is -0.789. The van der Waals surface area contributed by atoms with Gasteiger partial charge in [-0.25, -0.2) is 18.6 Å². The zero-order valence-electron chi connectivity index (χ0n) is 22.8. The number of likely N-dealkylation sites (tertiary alicyclic amines) is 1. The van der Waals surface area contributed by atoms with Crippen LogP contribution in [0.3, 0.4) is 0 Å². The zero-order chi connectivity index (χ0) is 29.2. The van der Waals surface area contributed by atoms with Gasteiger partial charge in [0.2, 0.25) is 0 Å². The molecule has 0 unspecified atom stereocenters. The summed E-state index contributed by atoms with van der Waals surface area (Å²) in [6.07, 6.45) is 2.50. The van der Waals surface area contributed by atoms with Gasteiger partial charge in [-0.3, -0.25) is 4.90 Å². The number of rotatable bonds is 10. The van der Waals surface area contributed by atoms with Crippen molar-refractivity contribution in [2.24, 2.45) is 0 Å². The van der Waals surface area contributed by atoms with Crippen molar-refractivity contribution < 1.29 is 32.9 Å². The number of carboxylic acids is 1. The molecular weight excluding hydrogens is 568 g/mol. The van der Waals surface area contributed by atoms with E-state index in [0.29, 0.717) is 36.1 Å². The maximum atomic E-state index is 14.8. The van der Waals surface area contributed by atoms with Crippen LogP contribution >= 0.6 is 11.6 Å². The van der Waals surface area contributed by atoms with E-state index in [4.69, 9.17) is 25.8 Å². The zero-order valence-corrected chi connectivity index (χ0v) is 23.5. The standard InChI is InChI=1S/C31H30ClF2N3O5/c32-21-4-5-28(25(33)15-21)41-18-19-2-1-3-23(12-19)42-22-6-9-36(10-7-22)17-29-35-30-26(34)13-20(31(38)39)14-27(30)37(29)16-24-8-11-40-24/h1-5,12-15,22,24H,6-11,16-18H2,(H,38,39)/t24-/m0/s1. The van der Waals surface area contributed by atoms with Crippen molar-refractivity contribution >= 4 is 28.6 Å². The highest BCUT2D eigenvalue weighted by atomic mass is 35.5. The normalized spacial score (nSPS) is 17.7. The van der Waals surface area contributed by atoms with Crippen molar-refractivity contribution in [2.75, 3.05) is 19.7 Å². The lowest BCUT2D eigenvalue weighted by Gasteiger charge is -2.32. The number of carbonyl (C=O) groups is 1. The average Bonchev–Trinajstić information content (AvgIpc) is 3.28. The number of fused-ring (bicyclic) bond motifs is 1. The van der Waals surface area contributed by atoms with E-state index in [2.05, 4.69) is 9.88 Å². The molecule has 42 heavy (non-hydrogen) atoms. The molecule has 8 nitrogen and oxygen atoms in total. The Morgan fingerprint density at radius 2 is 1.88 bits per heavy atom. The van der Waals surface area contributed by atoms with E-state index in [9.17, 15) is 18.7 Å². The van der Waals surface area contributed by atoms with Crippen molar-refractivity contribution in [3.8, 4) is 11.5 Å². The average molecular weight is 598 g/mol. The molecule has 2 saturated heterocycles. The van der Waals surface area contributed by atoms with Crippen molar-refractivity contribution in [1.29, 1.82) is 0 Å². The Labute approximate surface area is 246 Å². The number of carboxylic acid groups (broad SMARTS) is 1. The van der Waals surface area contributed by atoms with Gasteiger partial charge in [0, 0.05) is 24.7 Å². The van der Waals surface area contributed by atoms with Crippen molar-refractivity contribution in [3.05, 3.63) is 88.2 Å². The Kier molecular flexibility index (Phi) is 8.28. The molecule has 0 saturated carbocycles. The van der Waals surface area contributed by atoms with Crippen molar-refractivity contribution in [3.63, 3.8) is 0 Å². The second-order valence-corrected chi connectivity index (χ2v) is 11.1. The van der Waals surface area contributed by atoms with E-state index in [0.717, 1.165) is 49.7 Å². The first kappa shape index (κ1) is 28.4. The SMILES string of the molecule is O=C(O)c1cc(F)c2nc(CN3CCC(Oc4cccc(COc5ccc(Cl)cc5F)c4)CC3)n(C[C@@H]3CCO3)c2c1. The minimum absolute atomic E-state index is 0.00297. The highest BCUT2D eigenvalue weighted by Gasteiger charge is 2.27. The van der Waals surface area contributed by atoms with Gasteiger partial charge in [-0.15, -0.1) is 0 Å². The fourth-order valence-corrected chi connectivity index (χ4v) is 5.51. The molecular formula is C31H30ClF2N3O5. The highest BCUT2D eigenvalue weighted by molar-refractivity contribution is 6.30. The lowest BCUT2D eigenvalue weighted by Crippen LogP contribution is -2.39. The number of halogens is 3. The molecule has 6 rings (SSSR count). The lowest BCUT2D eigenvalue weighted by molar-refractivity contribution is -0.0592. The number of imidazole rings is 1. The largest absolute Gasteiger partial charge is 0.490 e. The minimum Gasteiger partial charge on any atom is -0.490 e. The minimum atomic E-state index is -1.18. The molecule has 1 aromatic heterocycles. The number of hydrogen-bond acceptors (Lipinski definition) is 6. The highest BCUT2D eigenvalue weighted by Crippen LogP contribution is 2.28. The fraction of sp³-hybridized carbons (Fsp3) is 0.355. The third kappa shape index (κ3) is 6.35. The summed E-state index contributed by atoms with van der Waals surface area (Å²) in [6, 6.07) is 14.4. The van der Waals surface area contributed by atoms with Gasteiger partial charge in [-0.2, -0.15) is 0 Å². The molecule has 4 aromatic rings. The first-order valence-corrected chi connectivity index (χ1v) is 14.3. The van der Waals surface area contributed by atoms with Crippen LogP contribution < -0.4 is 9.47 Å². The van der Waals surface area contributed by atoms with E-state index in [-0.39, 0.29) is 35.6 Å². The maximum Gasteiger partial charge on any atom is 0.335 e. The summed E-state index contributed by atoms with van der Waals surface area (Å²) in [5.41, 5.74) is 1.40. The van der Waals surface area contributed by atoms with Gasteiger partial charge >= 0.3 is 5.97 Å². The Hall–Kier alpha value is -3.73. The third-order valence-corrected chi connectivity index (χ3v) is 7.94. The molecule has 0 bridgehead atoms. The van der Waals surface area contributed by atoms with Crippen LogP contribution in [-0.4, -0.2) is 57.4 Å². The molecule has 220 valence electrons. The van der Waals surface area contributed by atoms with Gasteiger partial charge in [0.15, 0.2) is 17.4 Å². The van der Waals surface area contributed by atoms with Gasteiger partial charge < -0.3 is 23.9 Å². The number of benzene rings is 3. The molecule has 1 N–H and O–H groups in total. The summed E-state index contributed by atoms with van der Waals surface area (Å²) >= 11 is 5.81. The molecule has 2 aliphatic heterocycles. The topological polar surface area (TPSA) is 86.0 Å². The molecule has 0 amide bonds. The van der Waals surface area contributed by atoms with Crippen LogP contribution in [0, 0.1) is 11.6 Å². The molecule has 2 aliphatic rings. The number of nitrogens with zero attached hydrogens (tertiary/aromatic N) is 3. The van der Waals surface area contributed by atoms with Gasteiger partial charge in [0.25, 0.3) is 0 Å². The predicted octanol–water partition coefficient (Wildman–Crippen LogP) is 6.08. The summed E-state index contributed by atoms with van der Waals surface area (Å²) < 4.78 is 48.3. The van der Waals surface area contributed by atoms with Crippen LogP contribution in [0.25, 0.3) is 11.0 Å². The van der Waals surface area contributed by atoms with Crippen LogP contribution in [0.5, 0.6) is 11.5 Å². The van der Waals surface area contributed by atoms with E-state index in [1.165, 1.54) is 18.2 Å². The summed E-state index contributed by atoms with van der Waals surface area (Å²) in [6.45, 7) is 3.40. The fourth-order valence-electron chi connectivity index (χ4n) is 5.35. The van der Waals surface area contributed by atoms with Gasteiger partial charge in [-0.05, 0) is 67.3 Å². The van der Waals surface area contributed by atoms with E-state index in [1.807, 2.05) is 28.8 Å². The third-order valence-electron chi connectivity index (χ3n) is 7.70. The Morgan fingerprint density at radius 3 is 2.60 bits per heavy atom. The van der Waals surface area contributed by atoms with Crippen LogP contribution in [0.15, 0.2) is 54.6 Å². The van der Waals surface area contributed by atoms with E-state index < -0.39 is 17.6 Å².